The van der Waals surface area contributed by atoms with E-state index in [1.807, 2.05) is 0 Å². The van der Waals surface area contributed by atoms with Crippen LogP contribution < -0.4 is 9.50 Å². The maximum Gasteiger partial charge on any atom is 0.339 e. The van der Waals surface area contributed by atoms with Gasteiger partial charge in [-0.05, 0) is 48.5 Å². The third-order valence-corrected chi connectivity index (χ3v) is 3.74. The lowest BCUT2D eigenvalue weighted by molar-refractivity contribution is -0.114. The van der Waals surface area contributed by atoms with E-state index < -0.39 is 15.9 Å². The highest BCUT2D eigenvalue weighted by Gasteiger charge is 2.16. The number of amides is 1. The Morgan fingerprint density at radius 1 is 1.05 bits per heavy atom. The van der Waals surface area contributed by atoms with Crippen molar-refractivity contribution in [3.63, 3.8) is 0 Å². The van der Waals surface area contributed by atoms with Gasteiger partial charge in [0.15, 0.2) is 0 Å². The normalized spacial score (nSPS) is 11.0. The molecular formula is C14H12FNO4S. The Balaban J connectivity index is 2.19. The van der Waals surface area contributed by atoms with E-state index in [0.717, 1.165) is 12.1 Å². The van der Waals surface area contributed by atoms with Crippen LogP contribution in [0.1, 0.15) is 6.92 Å². The van der Waals surface area contributed by atoms with E-state index in [2.05, 4.69) is 5.32 Å². The summed E-state index contributed by atoms with van der Waals surface area (Å²) in [5.41, 5.74) is 0.475. The molecule has 7 heteroatoms. The zero-order valence-electron chi connectivity index (χ0n) is 11.0. The minimum atomic E-state index is -4.01. The monoisotopic (exact) mass is 309 g/mol. The van der Waals surface area contributed by atoms with E-state index in [-0.39, 0.29) is 16.6 Å². The van der Waals surface area contributed by atoms with Crippen LogP contribution in [0.15, 0.2) is 53.4 Å². The van der Waals surface area contributed by atoms with Gasteiger partial charge >= 0.3 is 10.1 Å². The zero-order valence-corrected chi connectivity index (χ0v) is 11.9. The van der Waals surface area contributed by atoms with Crippen molar-refractivity contribution in [2.45, 2.75) is 11.8 Å². The molecule has 0 saturated heterocycles. The summed E-state index contributed by atoms with van der Waals surface area (Å²) >= 11 is 0. The van der Waals surface area contributed by atoms with Crippen molar-refractivity contribution < 1.29 is 21.8 Å². The van der Waals surface area contributed by atoms with E-state index in [1.54, 1.807) is 0 Å². The van der Waals surface area contributed by atoms with E-state index in [0.29, 0.717) is 5.69 Å². The van der Waals surface area contributed by atoms with Gasteiger partial charge in [0.1, 0.15) is 16.5 Å². The molecule has 21 heavy (non-hydrogen) atoms. The molecule has 0 aliphatic rings. The molecule has 1 amide bonds. The summed E-state index contributed by atoms with van der Waals surface area (Å²) in [6.45, 7) is 1.35. The molecular weight excluding hydrogens is 297 g/mol. The molecule has 1 N–H and O–H groups in total. The topological polar surface area (TPSA) is 72.5 Å². The summed E-state index contributed by atoms with van der Waals surface area (Å²) in [5.74, 6) is -0.727. The first-order valence-corrected chi connectivity index (χ1v) is 7.35. The molecule has 0 fully saturated rings. The first-order chi connectivity index (χ1) is 9.87. The van der Waals surface area contributed by atoms with Gasteiger partial charge in [-0.2, -0.15) is 8.42 Å². The van der Waals surface area contributed by atoms with Crippen molar-refractivity contribution in [1.29, 1.82) is 0 Å². The summed E-state index contributed by atoms with van der Waals surface area (Å²) in [7, 11) is -4.01. The molecule has 0 radical (unpaired) electrons. The Labute approximate surface area is 121 Å². The Morgan fingerprint density at radius 3 is 2.14 bits per heavy atom. The molecule has 0 bridgehead atoms. The van der Waals surface area contributed by atoms with Gasteiger partial charge in [-0.3, -0.25) is 4.79 Å². The fourth-order valence-electron chi connectivity index (χ4n) is 1.57. The molecule has 2 aromatic carbocycles. The van der Waals surface area contributed by atoms with Gasteiger partial charge in [-0.1, -0.05) is 0 Å². The highest BCUT2D eigenvalue weighted by Crippen LogP contribution is 2.20. The lowest BCUT2D eigenvalue weighted by Crippen LogP contribution is -2.10. The number of hydrogen-bond acceptors (Lipinski definition) is 4. The van der Waals surface area contributed by atoms with E-state index in [1.165, 1.54) is 43.3 Å². The molecule has 0 spiro atoms. The number of carbonyl (C=O) groups excluding carboxylic acids is 1. The van der Waals surface area contributed by atoms with Gasteiger partial charge in [0.05, 0.1) is 0 Å². The highest BCUT2D eigenvalue weighted by atomic mass is 32.2. The maximum atomic E-state index is 12.8. The number of hydrogen-bond donors (Lipinski definition) is 1. The molecule has 2 rings (SSSR count). The lowest BCUT2D eigenvalue weighted by Gasteiger charge is -2.08. The Kier molecular flexibility index (Phi) is 4.23. The van der Waals surface area contributed by atoms with E-state index in [4.69, 9.17) is 4.18 Å². The molecule has 0 heterocycles. The minimum absolute atomic E-state index is 0.0161. The largest absolute Gasteiger partial charge is 0.379 e. The smallest absolute Gasteiger partial charge is 0.339 e. The van der Waals surface area contributed by atoms with Crippen LogP contribution in [0.4, 0.5) is 10.1 Å². The first kappa shape index (κ1) is 15.0. The molecule has 2 aromatic rings. The summed E-state index contributed by atoms with van der Waals surface area (Å²) in [5, 5.41) is 2.52. The van der Waals surface area contributed by atoms with Crippen LogP contribution in [-0.2, 0) is 14.9 Å². The predicted molar refractivity (Wildman–Crippen MR) is 75.0 cm³/mol. The van der Waals surface area contributed by atoms with Crippen molar-refractivity contribution in [3.05, 3.63) is 54.3 Å². The molecule has 5 nitrogen and oxygen atoms in total. The second-order valence-corrected chi connectivity index (χ2v) is 5.74. The van der Waals surface area contributed by atoms with Crippen molar-refractivity contribution in [1.82, 2.24) is 0 Å². The fourth-order valence-corrected chi connectivity index (χ4v) is 2.50. The second-order valence-electron chi connectivity index (χ2n) is 4.20. The van der Waals surface area contributed by atoms with Gasteiger partial charge in [0.25, 0.3) is 0 Å². The average molecular weight is 309 g/mol. The zero-order chi connectivity index (χ0) is 15.5. The van der Waals surface area contributed by atoms with Crippen LogP contribution >= 0.6 is 0 Å². The molecule has 0 aromatic heterocycles. The molecule has 0 aliphatic carbocycles. The van der Waals surface area contributed by atoms with E-state index >= 15 is 0 Å². The number of rotatable bonds is 4. The Morgan fingerprint density at radius 2 is 1.62 bits per heavy atom. The average Bonchev–Trinajstić information content (AvgIpc) is 2.41. The molecule has 110 valence electrons. The summed E-state index contributed by atoms with van der Waals surface area (Å²) < 4.78 is 41.7. The minimum Gasteiger partial charge on any atom is -0.379 e. The summed E-state index contributed by atoms with van der Waals surface area (Å²) in [6, 6.07) is 10.2. The summed E-state index contributed by atoms with van der Waals surface area (Å²) in [4.78, 5) is 10.8. The molecule has 0 saturated carbocycles. The SMILES string of the molecule is CC(=O)Nc1ccc(S(=O)(=O)Oc2ccc(F)cc2)cc1. The maximum absolute atomic E-state index is 12.8. The van der Waals surface area contributed by atoms with Crippen LogP contribution in [0.5, 0.6) is 5.75 Å². The van der Waals surface area contributed by atoms with Crippen LogP contribution in [0.25, 0.3) is 0 Å². The quantitative estimate of drug-likeness (QED) is 0.881. The Hall–Kier alpha value is -2.41. The summed E-state index contributed by atoms with van der Waals surface area (Å²) in [6.07, 6.45) is 0. The fraction of sp³-hybridized carbons (Fsp3) is 0.0714. The van der Waals surface area contributed by atoms with Gasteiger partial charge in [0, 0.05) is 12.6 Å². The van der Waals surface area contributed by atoms with Crippen molar-refractivity contribution in [2.75, 3.05) is 5.32 Å². The highest BCUT2D eigenvalue weighted by molar-refractivity contribution is 7.87. The molecule has 0 unspecified atom stereocenters. The van der Waals surface area contributed by atoms with Crippen molar-refractivity contribution in [2.24, 2.45) is 0 Å². The number of halogens is 1. The Bertz CT molecular complexity index is 740. The first-order valence-electron chi connectivity index (χ1n) is 5.94. The number of benzene rings is 2. The van der Waals surface area contributed by atoms with Gasteiger partial charge in [-0.25, -0.2) is 4.39 Å². The van der Waals surface area contributed by atoms with Crippen LogP contribution in [0.2, 0.25) is 0 Å². The third-order valence-electron chi connectivity index (χ3n) is 2.48. The van der Waals surface area contributed by atoms with Gasteiger partial charge in [0.2, 0.25) is 5.91 Å². The standard InChI is InChI=1S/C14H12FNO4S/c1-10(17)16-12-4-8-14(9-5-12)21(18,19)20-13-6-2-11(15)3-7-13/h2-9H,1H3,(H,16,17). The lowest BCUT2D eigenvalue weighted by atomic mass is 10.3. The van der Waals surface area contributed by atoms with Crippen molar-refractivity contribution in [3.8, 4) is 5.75 Å². The number of carbonyl (C=O) groups is 1. The third kappa shape index (κ3) is 4.03. The molecule has 0 atom stereocenters. The van der Waals surface area contributed by atoms with Crippen LogP contribution in [0.3, 0.4) is 0 Å². The van der Waals surface area contributed by atoms with E-state index in [9.17, 15) is 17.6 Å². The van der Waals surface area contributed by atoms with Crippen LogP contribution in [0, 0.1) is 5.82 Å². The van der Waals surface area contributed by atoms with Gasteiger partial charge < -0.3 is 9.50 Å². The van der Waals surface area contributed by atoms with Crippen molar-refractivity contribution >= 4 is 21.7 Å². The number of nitrogens with one attached hydrogen (secondary N) is 1. The second kappa shape index (κ2) is 5.92. The molecule has 0 aliphatic heterocycles. The van der Waals surface area contributed by atoms with Crippen LogP contribution in [-0.4, -0.2) is 14.3 Å². The van der Waals surface area contributed by atoms with Gasteiger partial charge in [-0.15, -0.1) is 0 Å². The number of anilines is 1. The predicted octanol–water partition coefficient (Wildman–Crippen LogP) is 2.55.